The second-order valence-corrected chi connectivity index (χ2v) is 4.34. The van der Waals surface area contributed by atoms with E-state index in [-0.39, 0.29) is 17.1 Å². The van der Waals surface area contributed by atoms with Gasteiger partial charge in [-0.05, 0) is 11.6 Å². The minimum Gasteiger partial charge on any atom is -0.506 e. The quantitative estimate of drug-likeness (QED) is 0.451. The topological polar surface area (TPSA) is 118 Å². The molecule has 4 N–H and O–H groups in total. The maximum atomic E-state index is 12.0. The molecule has 108 valence electrons. The number of carbonyl (C=O) groups is 1. The summed E-state index contributed by atoms with van der Waals surface area (Å²) in [4.78, 5) is 22.1. The molecule has 0 aliphatic carbocycles. The number of hydrogen-bond donors (Lipinski definition) is 3. The number of aromatic hydroxyl groups is 1. The van der Waals surface area contributed by atoms with Crippen LogP contribution in [-0.4, -0.2) is 15.9 Å². The molecule has 7 nitrogen and oxygen atoms in total. The summed E-state index contributed by atoms with van der Waals surface area (Å²) in [6.45, 7) is 0. The molecule has 0 unspecified atom stereocenters. The number of nitro groups is 1. The zero-order valence-corrected chi connectivity index (χ0v) is 10.9. The normalized spacial score (nSPS) is 11.7. The van der Waals surface area contributed by atoms with E-state index in [0.29, 0.717) is 5.56 Å². The van der Waals surface area contributed by atoms with E-state index >= 15 is 0 Å². The summed E-state index contributed by atoms with van der Waals surface area (Å²) in [7, 11) is 0. The van der Waals surface area contributed by atoms with Gasteiger partial charge in [0.1, 0.15) is 11.8 Å². The third kappa shape index (κ3) is 3.34. The van der Waals surface area contributed by atoms with Crippen LogP contribution in [0.2, 0.25) is 0 Å². The van der Waals surface area contributed by atoms with Crippen LogP contribution in [0.4, 0.5) is 11.4 Å². The van der Waals surface area contributed by atoms with E-state index in [4.69, 9.17) is 5.73 Å². The van der Waals surface area contributed by atoms with Crippen molar-refractivity contribution >= 4 is 17.3 Å². The number of nitrogens with zero attached hydrogens (tertiary/aromatic N) is 1. The minimum absolute atomic E-state index is 0.0550. The fourth-order valence-corrected chi connectivity index (χ4v) is 1.76. The number of nitrogens with two attached hydrogens (primary N) is 1. The number of non-ortho nitro benzene ring substituents is 1. The van der Waals surface area contributed by atoms with Crippen molar-refractivity contribution in [3.8, 4) is 5.75 Å². The van der Waals surface area contributed by atoms with Gasteiger partial charge in [-0.15, -0.1) is 0 Å². The number of carbonyl (C=O) groups excluding carboxylic acids is 1. The summed E-state index contributed by atoms with van der Waals surface area (Å²) >= 11 is 0. The highest BCUT2D eigenvalue weighted by molar-refractivity contribution is 5.96. The average Bonchev–Trinajstić information content (AvgIpc) is 2.49. The Balaban J connectivity index is 2.20. The number of nitrogens with one attached hydrogen (secondary N) is 1. The lowest BCUT2D eigenvalue weighted by Crippen LogP contribution is -2.27. The molecule has 0 heterocycles. The van der Waals surface area contributed by atoms with E-state index < -0.39 is 16.9 Å². The predicted molar refractivity (Wildman–Crippen MR) is 76.8 cm³/mol. The van der Waals surface area contributed by atoms with Crippen molar-refractivity contribution in [2.75, 3.05) is 5.32 Å². The molecule has 21 heavy (non-hydrogen) atoms. The van der Waals surface area contributed by atoms with E-state index in [2.05, 4.69) is 5.32 Å². The molecule has 0 radical (unpaired) electrons. The molecule has 0 spiro atoms. The first-order chi connectivity index (χ1) is 9.99. The van der Waals surface area contributed by atoms with Crippen LogP contribution in [-0.2, 0) is 4.79 Å². The number of amides is 1. The minimum atomic E-state index is -0.940. The van der Waals surface area contributed by atoms with Crippen LogP contribution in [0, 0.1) is 10.1 Å². The van der Waals surface area contributed by atoms with Crippen LogP contribution in [0.1, 0.15) is 11.6 Å². The maximum Gasteiger partial charge on any atom is 0.271 e. The number of rotatable bonds is 4. The van der Waals surface area contributed by atoms with Crippen LogP contribution in [0.3, 0.4) is 0 Å². The van der Waals surface area contributed by atoms with Crippen LogP contribution < -0.4 is 11.1 Å². The predicted octanol–water partition coefficient (Wildman–Crippen LogP) is 1.94. The molecular formula is C14H13N3O4. The molecule has 0 aliphatic rings. The fraction of sp³-hybridized carbons (Fsp3) is 0.0714. The molecule has 2 aromatic rings. The SMILES string of the molecule is N[C@@H](C(=O)Nc1cc([N+](=O)[O-])ccc1O)c1ccccc1. The van der Waals surface area contributed by atoms with Crippen molar-refractivity contribution in [3.05, 3.63) is 64.2 Å². The van der Waals surface area contributed by atoms with E-state index in [9.17, 15) is 20.0 Å². The lowest BCUT2D eigenvalue weighted by molar-refractivity contribution is -0.384. The van der Waals surface area contributed by atoms with Crippen molar-refractivity contribution in [2.45, 2.75) is 6.04 Å². The molecule has 7 heteroatoms. The largest absolute Gasteiger partial charge is 0.506 e. The van der Waals surface area contributed by atoms with Gasteiger partial charge < -0.3 is 16.2 Å². The lowest BCUT2D eigenvalue weighted by atomic mass is 10.1. The molecule has 1 atom stereocenters. The summed E-state index contributed by atoms with van der Waals surface area (Å²) in [5.41, 5.74) is 6.11. The van der Waals surface area contributed by atoms with Gasteiger partial charge in [0.2, 0.25) is 5.91 Å². The number of hydrogen-bond acceptors (Lipinski definition) is 5. The van der Waals surface area contributed by atoms with Gasteiger partial charge >= 0.3 is 0 Å². The van der Waals surface area contributed by atoms with Gasteiger partial charge in [0.05, 0.1) is 10.6 Å². The van der Waals surface area contributed by atoms with Crippen molar-refractivity contribution < 1.29 is 14.8 Å². The highest BCUT2D eigenvalue weighted by atomic mass is 16.6. The van der Waals surface area contributed by atoms with Gasteiger partial charge in [-0.2, -0.15) is 0 Å². The third-order valence-corrected chi connectivity index (χ3v) is 2.89. The van der Waals surface area contributed by atoms with Crippen molar-refractivity contribution in [2.24, 2.45) is 5.73 Å². The first kappa shape index (κ1) is 14.5. The first-order valence-corrected chi connectivity index (χ1v) is 6.08. The number of anilines is 1. The standard InChI is InChI=1S/C14H13N3O4/c15-13(9-4-2-1-3-5-9)14(19)16-11-8-10(17(20)21)6-7-12(11)18/h1-8,13,18H,15H2,(H,16,19)/t13-/m1/s1. The Morgan fingerprint density at radius 3 is 2.52 bits per heavy atom. The maximum absolute atomic E-state index is 12.0. The Bertz CT molecular complexity index is 673. The Labute approximate surface area is 120 Å². The van der Waals surface area contributed by atoms with Crippen LogP contribution >= 0.6 is 0 Å². The number of nitro benzene ring substituents is 1. The van der Waals surface area contributed by atoms with E-state index in [1.165, 1.54) is 0 Å². The molecule has 0 saturated carbocycles. The molecule has 1 amide bonds. The van der Waals surface area contributed by atoms with E-state index in [0.717, 1.165) is 18.2 Å². The van der Waals surface area contributed by atoms with E-state index in [1.807, 2.05) is 0 Å². The van der Waals surface area contributed by atoms with Gasteiger partial charge in [-0.1, -0.05) is 30.3 Å². The highest BCUT2D eigenvalue weighted by Gasteiger charge is 2.18. The molecule has 0 bridgehead atoms. The third-order valence-electron chi connectivity index (χ3n) is 2.89. The molecule has 0 aromatic heterocycles. The number of phenolic OH excluding ortho intramolecular Hbond substituents is 1. The smallest absolute Gasteiger partial charge is 0.271 e. The molecule has 2 rings (SSSR count). The lowest BCUT2D eigenvalue weighted by Gasteiger charge is -2.13. The Kier molecular flexibility index (Phi) is 4.15. The summed E-state index contributed by atoms with van der Waals surface area (Å²) < 4.78 is 0. The summed E-state index contributed by atoms with van der Waals surface area (Å²) in [6.07, 6.45) is 0. The zero-order chi connectivity index (χ0) is 15.4. The summed E-state index contributed by atoms with van der Waals surface area (Å²) in [6, 6.07) is 11.1. The monoisotopic (exact) mass is 287 g/mol. The first-order valence-electron chi connectivity index (χ1n) is 6.08. The highest BCUT2D eigenvalue weighted by Crippen LogP contribution is 2.28. The molecular weight excluding hydrogens is 274 g/mol. The molecule has 0 fully saturated rings. The Hall–Kier alpha value is -2.93. The van der Waals surface area contributed by atoms with Crippen LogP contribution in [0.5, 0.6) is 5.75 Å². The molecule has 0 saturated heterocycles. The fourth-order valence-electron chi connectivity index (χ4n) is 1.76. The van der Waals surface area contributed by atoms with Crippen LogP contribution in [0.25, 0.3) is 0 Å². The van der Waals surface area contributed by atoms with Gasteiger partial charge in [0.15, 0.2) is 0 Å². The van der Waals surface area contributed by atoms with Gasteiger partial charge in [-0.3, -0.25) is 14.9 Å². The second kappa shape index (κ2) is 6.02. The van der Waals surface area contributed by atoms with Gasteiger partial charge in [-0.25, -0.2) is 0 Å². The van der Waals surface area contributed by atoms with Gasteiger partial charge in [0.25, 0.3) is 5.69 Å². The Morgan fingerprint density at radius 2 is 1.90 bits per heavy atom. The van der Waals surface area contributed by atoms with Crippen molar-refractivity contribution in [3.63, 3.8) is 0 Å². The summed E-state index contributed by atoms with van der Waals surface area (Å²) in [5.74, 6) is -0.841. The number of benzene rings is 2. The molecule has 0 aliphatic heterocycles. The number of phenols is 1. The Morgan fingerprint density at radius 1 is 1.24 bits per heavy atom. The molecule has 2 aromatic carbocycles. The van der Waals surface area contributed by atoms with E-state index in [1.54, 1.807) is 30.3 Å². The summed E-state index contributed by atoms with van der Waals surface area (Å²) in [5, 5.41) is 22.7. The van der Waals surface area contributed by atoms with Gasteiger partial charge in [0, 0.05) is 12.1 Å². The average molecular weight is 287 g/mol. The van der Waals surface area contributed by atoms with Crippen molar-refractivity contribution in [1.29, 1.82) is 0 Å². The van der Waals surface area contributed by atoms with Crippen LogP contribution in [0.15, 0.2) is 48.5 Å². The van der Waals surface area contributed by atoms with Crippen molar-refractivity contribution in [1.82, 2.24) is 0 Å². The second-order valence-electron chi connectivity index (χ2n) is 4.34. The zero-order valence-electron chi connectivity index (χ0n) is 10.9.